The first-order valence-corrected chi connectivity index (χ1v) is 4.58. The highest BCUT2D eigenvalue weighted by atomic mass is 16.3. The maximum absolute atomic E-state index is 9.62. The van der Waals surface area contributed by atoms with Crippen molar-refractivity contribution in [3.05, 3.63) is 29.8 Å². The van der Waals surface area contributed by atoms with Gasteiger partial charge in [-0.1, -0.05) is 32.0 Å². The van der Waals surface area contributed by atoms with E-state index in [0.717, 1.165) is 5.56 Å². The van der Waals surface area contributed by atoms with Gasteiger partial charge in [-0.05, 0) is 17.0 Å². The lowest BCUT2D eigenvalue weighted by Gasteiger charge is -2.04. The Morgan fingerprint density at radius 1 is 1.31 bits per heavy atom. The molecule has 1 aliphatic rings. The van der Waals surface area contributed by atoms with Crippen LogP contribution in [0.25, 0.3) is 0 Å². The summed E-state index contributed by atoms with van der Waals surface area (Å²) in [4.78, 5) is 0. The minimum Gasteiger partial charge on any atom is -0.508 e. The smallest absolute Gasteiger partial charge is 0.119 e. The summed E-state index contributed by atoms with van der Waals surface area (Å²) in [5.41, 5.74) is 7.06. The number of hydrogen-bond acceptors (Lipinski definition) is 2. The van der Waals surface area contributed by atoms with E-state index < -0.39 is 0 Å². The zero-order chi connectivity index (χ0) is 9.64. The lowest BCUT2D eigenvalue weighted by Crippen LogP contribution is -2.06. The van der Waals surface area contributed by atoms with E-state index in [-0.39, 0.29) is 11.5 Å². The predicted octanol–water partition coefficient (Wildman–Crippen LogP) is 1.84. The number of nitrogens with two attached hydrogens (primary N) is 1. The summed E-state index contributed by atoms with van der Waals surface area (Å²) in [6.45, 7) is 4.27. The molecule has 0 heterocycles. The van der Waals surface area contributed by atoms with Crippen LogP contribution in [0.5, 0.6) is 5.75 Å². The molecular formula is C11H15NO. The first kappa shape index (κ1) is 8.57. The van der Waals surface area contributed by atoms with Crippen LogP contribution >= 0.6 is 0 Å². The SMILES string of the molecule is CC1(C)C(N)C1c1ccccc1O. The fraction of sp³-hybridized carbons (Fsp3) is 0.455. The molecule has 0 amide bonds. The molecule has 1 aromatic rings. The average molecular weight is 177 g/mol. The highest BCUT2D eigenvalue weighted by Gasteiger charge is 2.56. The third-order valence-corrected chi connectivity index (χ3v) is 3.18. The molecule has 1 aliphatic carbocycles. The second-order valence-electron chi connectivity index (χ2n) is 4.38. The van der Waals surface area contributed by atoms with Crippen LogP contribution in [0.4, 0.5) is 0 Å². The molecule has 2 heteroatoms. The molecule has 2 atom stereocenters. The zero-order valence-corrected chi connectivity index (χ0v) is 7.99. The topological polar surface area (TPSA) is 46.2 Å². The molecule has 1 aromatic carbocycles. The molecule has 0 aromatic heterocycles. The highest BCUT2D eigenvalue weighted by molar-refractivity contribution is 5.43. The molecule has 2 unspecified atom stereocenters. The molecule has 0 saturated heterocycles. The number of phenols is 1. The van der Waals surface area contributed by atoms with Crippen molar-refractivity contribution >= 4 is 0 Å². The highest BCUT2D eigenvalue weighted by Crippen LogP contribution is 2.58. The van der Waals surface area contributed by atoms with Gasteiger partial charge in [0.15, 0.2) is 0 Å². The van der Waals surface area contributed by atoms with E-state index in [1.165, 1.54) is 0 Å². The maximum Gasteiger partial charge on any atom is 0.119 e. The van der Waals surface area contributed by atoms with Crippen molar-refractivity contribution in [2.45, 2.75) is 25.8 Å². The number of hydrogen-bond donors (Lipinski definition) is 2. The molecule has 0 bridgehead atoms. The van der Waals surface area contributed by atoms with Crippen molar-refractivity contribution < 1.29 is 5.11 Å². The Morgan fingerprint density at radius 2 is 1.85 bits per heavy atom. The van der Waals surface area contributed by atoms with Crippen LogP contribution in [0, 0.1) is 5.41 Å². The van der Waals surface area contributed by atoms with Crippen molar-refractivity contribution in [2.24, 2.45) is 11.1 Å². The Hall–Kier alpha value is -1.02. The van der Waals surface area contributed by atoms with Crippen molar-refractivity contribution in [1.29, 1.82) is 0 Å². The fourth-order valence-electron chi connectivity index (χ4n) is 2.02. The molecule has 1 saturated carbocycles. The van der Waals surface area contributed by atoms with Crippen LogP contribution in [-0.4, -0.2) is 11.1 Å². The lowest BCUT2D eigenvalue weighted by molar-refractivity contribution is 0.464. The van der Waals surface area contributed by atoms with E-state index in [1.54, 1.807) is 6.07 Å². The van der Waals surface area contributed by atoms with Gasteiger partial charge in [-0.25, -0.2) is 0 Å². The number of benzene rings is 1. The van der Waals surface area contributed by atoms with Gasteiger partial charge >= 0.3 is 0 Å². The quantitative estimate of drug-likeness (QED) is 0.687. The van der Waals surface area contributed by atoms with E-state index in [9.17, 15) is 5.11 Å². The number of rotatable bonds is 1. The molecule has 0 aliphatic heterocycles. The monoisotopic (exact) mass is 177 g/mol. The summed E-state index contributed by atoms with van der Waals surface area (Å²) in [7, 11) is 0. The normalized spacial score (nSPS) is 30.1. The summed E-state index contributed by atoms with van der Waals surface area (Å²) in [5, 5.41) is 9.62. The van der Waals surface area contributed by atoms with Gasteiger partial charge in [0.2, 0.25) is 0 Å². The Morgan fingerprint density at radius 3 is 2.31 bits per heavy atom. The minimum absolute atomic E-state index is 0.138. The summed E-state index contributed by atoms with van der Waals surface area (Å²) in [5.74, 6) is 0.683. The fourth-order valence-corrected chi connectivity index (χ4v) is 2.02. The largest absolute Gasteiger partial charge is 0.508 e. The van der Waals surface area contributed by atoms with E-state index in [0.29, 0.717) is 11.7 Å². The van der Waals surface area contributed by atoms with E-state index in [2.05, 4.69) is 13.8 Å². The molecular weight excluding hydrogens is 162 g/mol. The average Bonchev–Trinajstić information content (AvgIpc) is 2.54. The summed E-state index contributed by atoms with van der Waals surface area (Å²) in [6.07, 6.45) is 0. The van der Waals surface area contributed by atoms with Crippen LogP contribution in [0.1, 0.15) is 25.3 Å². The second kappa shape index (κ2) is 2.48. The molecule has 3 N–H and O–H groups in total. The van der Waals surface area contributed by atoms with Crippen LogP contribution < -0.4 is 5.73 Å². The van der Waals surface area contributed by atoms with Crippen LogP contribution in [0.3, 0.4) is 0 Å². The zero-order valence-electron chi connectivity index (χ0n) is 7.99. The predicted molar refractivity (Wildman–Crippen MR) is 52.6 cm³/mol. The Balaban J connectivity index is 2.34. The van der Waals surface area contributed by atoms with Gasteiger partial charge in [0.05, 0.1) is 0 Å². The summed E-state index contributed by atoms with van der Waals surface area (Å²) < 4.78 is 0. The lowest BCUT2D eigenvalue weighted by atomic mass is 10.0. The van der Waals surface area contributed by atoms with Gasteiger partial charge in [0.1, 0.15) is 5.75 Å². The standard InChI is InChI=1S/C11H15NO/c1-11(2)9(10(11)12)7-5-3-4-6-8(7)13/h3-6,9-10,13H,12H2,1-2H3. The summed E-state index contributed by atoms with van der Waals surface area (Å²) >= 11 is 0. The Bertz CT molecular complexity index is 333. The van der Waals surface area contributed by atoms with Crippen LogP contribution in [0.15, 0.2) is 24.3 Å². The molecule has 2 rings (SSSR count). The van der Waals surface area contributed by atoms with Crippen molar-refractivity contribution in [2.75, 3.05) is 0 Å². The second-order valence-corrected chi connectivity index (χ2v) is 4.38. The maximum atomic E-state index is 9.62. The minimum atomic E-state index is 0.138. The van der Waals surface area contributed by atoms with E-state index in [1.807, 2.05) is 18.2 Å². The number of para-hydroxylation sites is 1. The molecule has 2 nitrogen and oxygen atoms in total. The summed E-state index contributed by atoms with van der Waals surface area (Å²) in [6, 6.07) is 7.63. The van der Waals surface area contributed by atoms with Gasteiger partial charge < -0.3 is 10.8 Å². The molecule has 13 heavy (non-hydrogen) atoms. The number of phenolic OH excluding ortho intramolecular Hbond substituents is 1. The Kier molecular flexibility index (Phi) is 1.64. The van der Waals surface area contributed by atoms with Crippen LogP contribution in [0.2, 0.25) is 0 Å². The van der Waals surface area contributed by atoms with Crippen molar-refractivity contribution in [3.63, 3.8) is 0 Å². The molecule has 0 spiro atoms. The third-order valence-electron chi connectivity index (χ3n) is 3.18. The first-order valence-electron chi connectivity index (χ1n) is 4.58. The molecule has 1 fully saturated rings. The van der Waals surface area contributed by atoms with Gasteiger partial charge in [-0.3, -0.25) is 0 Å². The molecule has 70 valence electrons. The van der Waals surface area contributed by atoms with Gasteiger partial charge in [0.25, 0.3) is 0 Å². The first-order chi connectivity index (χ1) is 6.05. The van der Waals surface area contributed by atoms with Gasteiger partial charge in [-0.2, -0.15) is 0 Å². The molecule has 0 radical (unpaired) electrons. The van der Waals surface area contributed by atoms with Crippen molar-refractivity contribution in [1.82, 2.24) is 0 Å². The van der Waals surface area contributed by atoms with Gasteiger partial charge in [0, 0.05) is 12.0 Å². The van der Waals surface area contributed by atoms with E-state index in [4.69, 9.17) is 5.73 Å². The van der Waals surface area contributed by atoms with Crippen LogP contribution in [-0.2, 0) is 0 Å². The Labute approximate surface area is 78.4 Å². The van der Waals surface area contributed by atoms with E-state index >= 15 is 0 Å². The van der Waals surface area contributed by atoms with Gasteiger partial charge in [-0.15, -0.1) is 0 Å². The van der Waals surface area contributed by atoms with Crippen molar-refractivity contribution in [3.8, 4) is 5.75 Å². The number of aromatic hydroxyl groups is 1. The third kappa shape index (κ3) is 1.13.